The predicted molar refractivity (Wildman–Crippen MR) is 127 cm³/mol. The van der Waals surface area contributed by atoms with Crippen molar-refractivity contribution in [1.29, 1.82) is 0 Å². The summed E-state index contributed by atoms with van der Waals surface area (Å²) < 4.78 is 5.34. The highest BCUT2D eigenvalue weighted by molar-refractivity contribution is 6.34. The Kier molecular flexibility index (Phi) is 6.61. The largest absolute Gasteiger partial charge is 0.497 e. The van der Waals surface area contributed by atoms with Crippen molar-refractivity contribution in [2.45, 2.75) is 13.0 Å². The lowest BCUT2D eigenvalue weighted by atomic mass is 10.1. The molecule has 4 rings (SSSR count). The summed E-state index contributed by atoms with van der Waals surface area (Å²) >= 11 is 6.19. The van der Waals surface area contributed by atoms with Crippen LogP contribution in [0, 0.1) is 0 Å². The average molecular weight is 450 g/mol. The fourth-order valence-corrected chi connectivity index (χ4v) is 3.99. The number of nitrogens with one attached hydrogen (secondary N) is 1. The van der Waals surface area contributed by atoms with Crippen LogP contribution in [0.3, 0.4) is 0 Å². The summed E-state index contributed by atoms with van der Waals surface area (Å²) in [5.74, 6) is 0.226. The van der Waals surface area contributed by atoms with E-state index in [-0.39, 0.29) is 11.9 Å². The van der Waals surface area contributed by atoms with Gasteiger partial charge >= 0.3 is 6.03 Å². The van der Waals surface area contributed by atoms with Gasteiger partial charge in [0.1, 0.15) is 5.75 Å². The molecule has 1 N–H and O–H groups in total. The first-order valence-electron chi connectivity index (χ1n) is 10.4. The average Bonchev–Trinajstić information content (AvgIpc) is 2.81. The standard InChI is InChI=1S/C25H24ClN3O3/c1-32-19-12-13-23(22(16-19)27-24(30)20-10-5-6-11-21(20)26)29-15-7-14-28(25(29)31)17-18-8-3-2-4-9-18/h2-6,8-13,16H,7,14-15,17H2,1H3,(H,27,30). The lowest BCUT2D eigenvalue weighted by Crippen LogP contribution is -2.49. The van der Waals surface area contributed by atoms with Crippen molar-refractivity contribution in [3.63, 3.8) is 0 Å². The van der Waals surface area contributed by atoms with Crippen LogP contribution in [0.2, 0.25) is 5.02 Å². The van der Waals surface area contributed by atoms with E-state index in [0.717, 1.165) is 12.0 Å². The summed E-state index contributed by atoms with van der Waals surface area (Å²) in [7, 11) is 1.56. The summed E-state index contributed by atoms with van der Waals surface area (Å²) in [6, 6.07) is 21.9. The third kappa shape index (κ3) is 4.70. The Morgan fingerprint density at radius 1 is 1.03 bits per heavy atom. The van der Waals surface area contributed by atoms with E-state index in [1.165, 1.54) is 0 Å². The molecule has 1 aliphatic rings. The summed E-state index contributed by atoms with van der Waals surface area (Å²) in [6.45, 7) is 1.78. The number of urea groups is 1. The molecule has 0 atom stereocenters. The first kappa shape index (κ1) is 21.7. The van der Waals surface area contributed by atoms with Gasteiger partial charge in [-0.3, -0.25) is 9.69 Å². The number of ether oxygens (including phenoxy) is 1. The fourth-order valence-electron chi connectivity index (χ4n) is 3.77. The van der Waals surface area contributed by atoms with E-state index in [4.69, 9.17) is 16.3 Å². The van der Waals surface area contributed by atoms with Crippen molar-refractivity contribution >= 4 is 34.9 Å². The maximum Gasteiger partial charge on any atom is 0.324 e. The second-order valence-corrected chi connectivity index (χ2v) is 7.92. The van der Waals surface area contributed by atoms with Crippen molar-refractivity contribution in [2.24, 2.45) is 0 Å². The molecule has 1 heterocycles. The third-order valence-electron chi connectivity index (χ3n) is 5.39. The molecule has 32 heavy (non-hydrogen) atoms. The minimum absolute atomic E-state index is 0.0986. The van der Waals surface area contributed by atoms with Crippen molar-refractivity contribution in [3.8, 4) is 5.75 Å². The maximum atomic E-state index is 13.3. The molecule has 0 spiro atoms. The number of amides is 3. The van der Waals surface area contributed by atoms with Crippen LogP contribution in [0.25, 0.3) is 0 Å². The Labute approximate surface area is 192 Å². The number of methoxy groups -OCH3 is 1. The maximum absolute atomic E-state index is 13.3. The van der Waals surface area contributed by atoms with Gasteiger partial charge in [0.05, 0.1) is 29.1 Å². The molecule has 3 aromatic carbocycles. The number of carbonyl (C=O) groups is 2. The fraction of sp³-hybridized carbons (Fsp3) is 0.200. The molecule has 0 aromatic heterocycles. The van der Waals surface area contributed by atoms with E-state index in [9.17, 15) is 9.59 Å². The van der Waals surface area contributed by atoms with Crippen molar-refractivity contribution < 1.29 is 14.3 Å². The summed E-state index contributed by atoms with van der Waals surface area (Å²) in [6.07, 6.45) is 0.822. The van der Waals surface area contributed by atoms with Gasteiger partial charge in [0, 0.05) is 25.7 Å². The summed E-state index contributed by atoms with van der Waals surface area (Å²) in [5, 5.41) is 3.27. The zero-order valence-electron chi connectivity index (χ0n) is 17.8. The first-order chi connectivity index (χ1) is 15.6. The van der Waals surface area contributed by atoms with Crippen molar-refractivity contribution in [1.82, 2.24) is 4.90 Å². The van der Waals surface area contributed by atoms with Crippen LogP contribution in [0.4, 0.5) is 16.2 Å². The number of hydrogen-bond acceptors (Lipinski definition) is 3. The molecule has 3 amide bonds. The number of nitrogens with zero attached hydrogens (tertiary/aromatic N) is 2. The van der Waals surface area contributed by atoms with Crippen LogP contribution in [-0.2, 0) is 6.54 Å². The predicted octanol–water partition coefficient (Wildman–Crippen LogP) is 5.43. The topological polar surface area (TPSA) is 61.9 Å². The van der Waals surface area contributed by atoms with Crippen LogP contribution in [0.15, 0.2) is 72.8 Å². The lowest BCUT2D eigenvalue weighted by Gasteiger charge is -2.36. The van der Waals surface area contributed by atoms with Gasteiger partial charge in [-0.2, -0.15) is 0 Å². The normalized spacial score (nSPS) is 13.8. The Balaban J connectivity index is 1.61. The van der Waals surface area contributed by atoms with E-state index < -0.39 is 0 Å². The third-order valence-corrected chi connectivity index (χ3v) is 5.72. The van der Waals surface area contributed by atoms with Gasteiger partial charge in [-0.15, -0.1) is 0 Å². The first-order valence-corrected chi connectivity index (χ1v) is 10.8. The molecule has 1 aliphatic heterocycles. The van der Waals surface area contributed by atoms with Gasteiger partial charge < -0.3 is 15.0 Å². The van der Waals surface area contributed by atoms with Gasteiger partial charge in [0.25, 0.3) is 5.91 Å². The molecule has 0 bridgehead atoms. The molecule has 7 heteroatoms. The van der Waals surface area contributed by atoms with Crippen molar-refractivity contribution in [3.05, 3.63) is 88.9 Å². The monoisotopic (exact) mass is 449 g/mol. The number of halogens is 1. The van der Waals surface area contributed by atoms with Gasteiger partial charge in [0.2, 0.25) is 0 Å². The zero-order chi connectivity index (χ0) is 22.5. The Morgan fingerprint density at radius 3 is 2.53 bits per heavy atom. The van der Waals surface area contributed by atoms with E-state index in [0.29, 0.717) is 47.3 Å². The zero-order valence-corrected chi connectivity index (χ0v) is 18.5. The molecular formula is C25H24ClN3O3. The van der Waals surface area contributed by atoms with E-state index in [2.05, 4.69) is 5.32 Å². The molecule has 1 saturated heterocycles. The lowest BCUT2D eigenvalue weighted by molar-refractivity contribution is 0.102. The Bertz CT molecular complexity index is 1120. The minimum Gasteiger partial charge on any atom is -0.497 e. The van der Waals surface area contributed by atoms with Gasteiger partial charge in [-0.25, -0.2) is 4.79 Å². The number of anilines is 2. The second kappa shape index (κ2) is 9.75. The highest BCUT2D eigenvalue weighted by Crippen LogP contribution is 2.33. The molecule has 0 radical (unpaired) electrons. The van der Waals surface area contributed by atoms with E-state index in [1.807, 2.05) is 35.2 Å². The van der Waals surface area contributed by atoms with Crippen LogP contribution < -0.4 is 15.0 Å². The number of carbonyl (C=O) groups excluding carboxylic acids is 2. The van der Waals surface area contributed by atoms with E-state index in [1.54, 1.807) is 54.5 Å². The molecule has 0 saturated carbocycles. The van der Waals surface area contributed by atoms with E-state index >= 15 is 0 Å². The van der Waals surface area contributed by atoms with Crippen molar-refractivity contribution in [2.75, 3.05) is 30.4 Å². The highest BCUT2D eigenvalue weighted by Gasteiger charge is 2.29. The molecule has 1 fully saturated rings. The van der Waals surface area contributed by atoms with Gasteiger partial charge in [-0.1, -0.05) is 54.1 Å². The van der Waals surface area contributed by atoms with Crippen LogP contribution in [0.5, 0.6) is 5.75 Å². The van der Waals surface area contributed by atoms with Gasteiger partial charge in [-0.05, 0) is 36.2 Å². The Morgan fingerprint density at radius 2 is 1.78 bits per heavy atom. The molecule has 0 unspecified atom stereocenters. The molecule has 6 nitrogen and oxygen atoms in total. The number of hydrogen-bond donors (Lipinski definition) is 1. The smallest absolute Gasteiger partial charge is 0.324 e. The quantitative estimate of drug-likeness (QED) is 0.545. The molecular weight excluding hydrogens is 426 g/mol. The summed E-state index contributed by atoms with van der Waals surface area (Å²) in [4.78, 5) is 29.8. The SMILES string of the molecule is COc1ccc(N2CCCN(Cc3ccccc3)C2=O)c(NC(=O)c2ccccc2Cl)c1. The van der Waals surface area contributed by atoms with Crippen LogP contribution >= 0.6 is 11.6 Å². The van der Waals surface area contributed by atoms with Gasteiger partial charge in [0.15, 0.2) is 0 Å². The number of benzene rings is 3. The summed E-state index contributed by atoms with van der Waals surface area (Å²) in [5.41, 5.74) is 2.54. The molecule has 0 aliphatic carbocycles. The molecule has 164 valence electrons. The Hall–Kier alpha value is -3.51. The second-order valence-electron chi connectivity index (χ2n) is 7.51. The minimum atomic E-state index is -0.351. The number of rotatable bonds is 6. The van der Waals surface area contributed by atoms with Crippen LogP contribution in [0.1, 0.15) is 22.3 Å². The molecule has 3 aromatic rings. The highest BCUT2D eigenvalue weighted by atomic mass is 35.5. The van der Waals surface area contributed by atoms with Crippen LogP contribution in [-0.4, -0.2) is 37.0 Å².